The van der Waals surface area contributed by atoms with Crippen LogP contribution in [0.25, 0.3) is 0 Å². The molecule has 0 aliphatic heterocycles. The van der Waals surface area contributed by atoms with Crippen molar-refractivity contribution in [3.05, 3.63) is 0 Å². The molecule has 0 atom stereocenters. The lowest BCUT2D eigenvalue weighted by atomic mass is 10.1. The van der Waals surface area contributed by atoms with Crippen LogP contribution in [0.15, 0.2) is 0 Å². The minimum atomic E-state index is -5.96. The van der Waals surface area contributed by atoms with Gasteiger partial charge in [-0.05, 0) is 0 Å². The average Bonchev–Trinajstić information content (AvgIpc) is 2.60. The van der Waals surface area contributed by atoms with Gasteiger partial charge in [0.05, 0.1) is 0 Å². The van der Waals surface area contributed by atoms with E-state index in [1.807, 2.05) is 0 Å². The van der Waals surface area contributed by atoms with Crippen LogP contribution >= 0.6 is 14.3 Å². The SMILES string of the molecule is CC(C)(C)P(=O)(CC(O)(C(F)(F)F)C(F)(F)F)C(C)(C)C.CC(C)(C)P(=O)(CC(O)(C(F)(F)F)C(F)(F)F)C(C)(C)C. The lowest BCUT2D eigenvalue weighted by Gasteiger charge is -2.45. The fourth-order valence-corrected chi connectivity index (χ4v) is 12.2. The van der Waals surface area contributed by atoms with E-state index in [1.165, 1.54) is 83.1 Å². The summed E-state index contributed by atoms with van der Waals surface area (Å²) >= 11 is 0. The van der Waals surface area contributed by atoms with E-state index >= 15 is 0 Å². The third-order valence-corrected chi connectivity index (χ3v) is 17.6. The van der Waals surface area contributed by atoms with E-state index in [1.54, 1.807) is 0 Å². The Morgan fingerprint density at radius 2 is 0.500 bits per heavy atom. The van der Waals surface area contributed by atoms with E-state index in [2.05, 4.69) is 0 Å². The second-order valence-electron chi connectivity index (χ2n) is 14.2. The van der Waals surface area contributed by atoms with Gasteiger partial charge < -0.3 is 19.3 Å². The van der Waals surface area contributed by atoms with Crippen molar-refractivity contribution in [3.63, 3.8) is 0 Å². The normalized spacial score (nSPS) is 16.2. The van der Waals surface area contributed by atoms with Crippen LogP contribution in [0.2, 0.25) is 0 Å². The highest BCUT2D eigenvalue weighted by molar-refractivity contribution is 7.67. The molecular formula is C24H42F12O4P2. The molecule has 42 heavy (non-hydrogen) atoms. The monoisotopic (exact) mass is 684 g/mol. The van der Waals surface area contributed by atoms with Gasteiger partial charge in [-0.25, -0.2) is 0 Å². The maximum atomic E-state index is 13.0. The molecule has 0 amide bonds. The lowest BCUT2D eigenvalue weighted by Crippen LogP contribution is -2.60. The zero-order valence-corrected chi connectivity index (χ0v) is 27.3. The lowest BCUT2D eigenvalue weighted by molar-refractivity contribution is -0.359. The van der Waals surface area contributed by atoms with E-state index in [4.69, 9.17) is 0 Å². The van der Waals surface area contributed by atoms with Crippen LogP contribution in [-0.2, 0) is 9.13 Å². The van der Waals surface area contributed by atoms with Gasteiger partial charge in [0.2, 0.25) is 0 Å². The van der Waals surface area contributed by atoms with Gasteiger partial charge in [-0.3, -0.25) is 0 Å². The molecule has 0 aliphatic carbocycles. The third kappa shape index (κ3) is 8.42. The minimum Gasteiger partial charge on any atom is -0.373 e. The van der Waals surface area contributed by atoms with Gasteiger partial charge in [0.15, 0.2) is 0 Å². The molecule has 0 aromatic heterocycles. The van der Waals surface area contributed by atoms with Gasteiger partial charge in [-0.15, -0.1) is 0 Å². The van der Waals surface area contributed by atoms with E-state index in [0.29, 0.717) is 0 Å². The standard InChI is InChI=1S/2C12H21F6O2P/c2*1-8(2,3)21(20,9(4,5)6)7-10(19,11(13,14)15)12(16,17)18/h2*19H,7H2,1-6H3. The summed E-state index contributed by atoms with van der Waals surface area (Å²) in [5, 5.41) is 13.4. The molecule has 0 heterocycles. The van der Waals surface area contributed by atoms with Crippen LogP contribution in [-0.4, -0.2) is 79.1 Å². The molecule has 0 saturated heterocycles. The van der Waals surface area contributed by atoms with Crippen LogP contribution in [0, 0.1) is 0 Å². The summed E-state index contributed by atoms with van der Waals surface area (Å²) in [5.74, 6) is 0. The van der Waals surface area contributed by atoms with E-state index in [9.17, 15) is 72.0 Å². The summed E-state index contributed by atoms with van der Waals surface area (Å²) in [6.45, 7) is 15.7. The summed E-state index contributed by atoms with van der Waals surface area (Å²) < 4.78 is 180. The average molecular weight is 685 g/mol. The zero-order valence-electron chi connectivity index (χ0n) is 25.6. The molecule has 0 aliphatic rings. The van der Waals surface area contributed by atoms with Crippen molar-refractivity contribution in [3.8, 4) is 0 Å². The molecule has 0 radical (unpaired) electrons. The predicted molar refractivity (Wildman–Crippen MR) is 138 cm³/mol. The first-order chi connectivity index (χ1) is 17.4. The number of hydrogen-bond donors (Lipinski definition) is 2. The molecule has 0 bridgehead atoms. The van der Waals surface area contributed by atoms with E-state index < -0.39 is 83.1 Å². The fraction of sp³-hybridized carbons (Fsp3) is 1.00. The summed E-state index contributed by atoms with van der Waals surface area (Å²) in [7, 11) is -8.18. The number of alkyl halides is 12. The van der Waals surface area contributed by atoms with Crippen LogP contribution in [0.3, 0.4) is 0 Å². The summed E-state index contributed by atoms with van der Waals surface area (Å²) in [6, 6.07) is 0. The third-order valence-electron chi connectivity index (χ3n) is 7.11. The second kappa shape index (κ2) is 11.7. The Kier molecular flexibility index (Phi) is 12.2. The van der Waals surface area contributed by atoms with Crippen molar-refractivity contribution in [2.45, 2.75) is 140 Å². The van der Waals surface area contributed by atoms with Gasteiger partial charge in [0.25, 0.3) is 11.2 Å². The molecule has 0 spiro atoms. The Morgan fingerprint density at radius 3 is 0.571 bits per heavy atom. The van der Waals surface area contributed by atoms with Crippen molar-refractivity contribution < 1.29 is 72.0 Å². The predicted octanol–water partition coefficient (Wildman–Crippen LogP) is 9.60. The molecule has 0 aromatic carbocycles. The fourth-order valence-electron chi connectivity index (χ4n) is 4.29. The highest BCUT2D eigenvalue weighted by Crippen LogP contribution is 2.71. The summed E-state index contributed by atoms with van der Waals surface area (Å²) in [4.78, 5) is 0. The molecule has 0 aromatic rings. The molecule has 0 rings (SSSR count). The second-order valence-corrected chi connectivity index (χ2v) is 23.1. The number of rotatable bonds is 4. The van der Waals surface area contributed by atoms with Crippen LogP contribution in [0.1, 0.15) is 83.1 Å². The Morgan fingerprint density at radius 1 is 0.381 bits per heavy atom. The molecule has 256 valence electrons. The molecule has 18 heteroatoms. The summed E-state index contributed by atoms with van der Waals surface area (Å²) in [5.41, 5.74) is -9.98. The van der Waals surface area contributed by atoms with Gasteiger partial charge in [-0.1, -0.05) is 83.1 Å². The van der Waals surface area contributed by atoms with Crippen LogP contribution in [0.5, 0.6) is 0 Å². The maximum Gasteiger partial charge on any atom is 0.426 e. The molecule has 2 N–H and O–H groups in total. The van der Waals surface area contributed by atoms with Crippen molar-refractivity contribution in [2.75, 3.05) is 12.3 Å². The van der Waals surface area contributed by atoms with Crippen LogP contribution < -0.4 is 0 Å². The molecule has 4 nitrogen and oxygen atoms in total. The Balaban J connectivity index is 0. The highest BCUT2D eigenvalue weighted by Gasteiger charge is 2.74. The number of hydrogen-bond acceptors (Lipinski definition) is 4. The first-order valence-electron chi connectivity index (χ1n) is 12.3. The maximum absolute atomic E-state index is 13.0. The first kappa shape index (κ1) is 43.7. The number of halogens is 12. The Bertz CT molecular complexity index is 868. The van der Waals surface area contributed by atoms with Gasteiger partial charge in [0.1, 0.15) is 14.3 Å². The highest BCUT2D eigenvalue weighted by atomic mass is 31.2. The van der Waals surface area contributed by atoms with Crippen molar-refractivity contribution in [1.82, 2.24) is 0 Å². The zero-order chi connectivity index (χ0) is 35.4. The number of aliphatic hydroxyl groups is 2. The first-order valence-corrected chi connectivity index (χ1v) is 16.1. The van der Waals surface area contributed by atoms with Crippen molar-refractivity contribution in [1.29, 1.82) is 0 Å². The smallest absolute Gasteiger partial charge is 0.373 e. The topological polar surface area (TPSA) is 74.6 Å². The summed E-state index contributed by atoms with van der Waals surface area (Å²) in [6.07, 6.45) is -27.6. The molecule has 0 saturated carbocycles. The van der Waals surface area contributed by atoms with Gasteiger partial charge in [0, 0.05) is 32.9 Å². The van der Waals surface area contributed by atoms with Crippen molar-refractivity contribution in [2.24, 2.45) is 0 Å². The Hall–Kier alpha value is -0.460. The van der Waals surface area contributed by atoms with E-state index in [0.717, 1.165) is 0 Å². The van der Waals surface area contributed by atoms with Gasteiger partial charge >= 0.3 is 24.7 Å². The largest absolute Gasteiger partial charge is 0.426 e. The Labute approximate surface area is 238 Å². The molecular weight excluding hydrogens is 642 g/mol. The molecule has 0 fully saturated rings. The quantitative estimate of drug-likeness (QED) is 0.229. The minimum absolute atomic E-state index is 1.31. The molecule has 0 unspecified atom stereocenters. The van der Waals surface area contributed by atoms with E-state index in [-0.39, 0.29) is 0 Å². The van der Waals surface area contributed by atoms with Crippen LogP contribution in [0.4, 0.5) is 52.7 Å². The van der Waals surface area contributed by atoms with Crippen molar-refractivity contribution >= 4 is 14.3 Å². The van der Waals surface area contributed by atoms with Gasteiger partial charge in [-0.2, -0.15) is 52.7 Å².